The van der Waals surface area contributed by atoms with E-state index in [2.05, 4.69) is 0 Å². The summed E-state index contributed by atoms with van der Waals surface area (Å²) in [5, 5.41) is 1.59. The zero-order chi connectivity index (χ0) is 20.3. The minimum atomic E-state index is -0.619. The van der Waals surface area contributed by atoms with Crippen molar-refractivity contribution in [1.82, 2.24) is 0 Å². The molecule has 0 saturated carbocycles. The standard InChI is InChI=1S/C22H27O5S/c1-5-26-20(23)16-8-6-7-15-17(27-21(24)22(2,3)4)9-10-18(19(15)16)28-13-11-25-12-14-28/h6-10H,5,11-14H2,1-4H3/q+1. The summed E-state index contributed by atoms with van der Waals surface area (Å²) in [6.07, 6.45) is 0. The van der Waals surface area contributed by atoms with Crippen molar-refractivity contribution in [2.24, 2.45) is 5.41 Å². The molecule has 1 aliphatic rings. The maximum Gasteiger partial charge on any atom is 0.338 e. The number of fused-ring (bicyclic) bond motifs is 1. The molecule has 2 aromatic rings. The van der Waals surface area contributed by atoms with Crippen molar-refractivity contribution in [3.8, 4) is 5.75 Å². The molecule has 1 heterocycles. The van der Waals surface area contributed by atoms with E-state index in [4.69, 9.17) is 14.2 Å². The van der Waals surface area contributed by atoms with Crippen LogP contribution in [0.25, 0.3) is 10.8 Å². The summed E-state index contributed by atoms with van der Waals surface area (Å²) < 4.78 is 16.5. The molecule has 0 amide bonds. The fourth-order valence-electron chi connectivity index (χ4n) is 3.05. The predicted octanol–water partition coefficient (Wildman–Crippen LogP) is 3.98. The van der Waals surface area contributed by atoms with E-state index in [1.165, 1.54) is 0 Å². The Morgan fingerprint density at radius 3 is 2.46 bits per heavy atom. The van der Waals surface area contributed by atoms with Crippen LogP contribution in [0.2, 0.25) is 0 Å². The number of hydrogen-bond donors (Lipinski definition) is 0. The monoisotopic (exact) mass is 403 g/mol. The van der Waals surface area contributed by atoms with Crippen molar-refractivity contribution >= 4 is 33.6 Å². The molecule has 1 fully saturated rings. The molecule has 6 heteroatoms. The van der Waals surface area contributed by atoms with Gasteiger partial charge in [0, 0.05) is 16.3 Å². The Morgan fingerprint density at radius 1 is 1.11 bits per heavy atom. The number of rotatable bonds is 4. The highest BCUT2D eigenvalue weighted by atomic mass is 32.2. The molecule has 0 bridgehead atoms. The van der Waals surface area contributed by atoms with E-state index in [9.17, 15) is 9.59 Å². The van der Waals surface area contributed by atoms with Gasteiger partial charge in [0.15, 0.2) is 4.90 Å². The van der Waals surface area contributed by atoms with Crippen molar-refractivity contribution < 1.29 is 23.8 Å². The fraction of sp³-hybridized carbons (Fsp3) is 0.455. The zero-order valence-electron chi connectivity index (χ0n) is 16.9. The second kappa shape index (κ2) is 8.53. The van der Waals surface area contributed by atoms with Gasteiger partial charge in [-0.25, -0.2) is 4.79 Å². The summed E-state index contributed by atoms with van der Waals surface area (Å²) >= 11 is 0. The Labute approximate surface area is 168 Å². The number of ether oxygens (including phenoxy) is 3. The molecule has 150 valence electrons. The molecule has 1 saturated heterocycles. The molecule has 0 unspecified atom stereocenters. The number of carbonyl (C=O) groups excluding carboxylic acids is 2. The smallest absolute Gasteiger partial charge is 0.338 e. The molecule has 0 aliphatic carbocycles. The summed E-state index contributed by atoms with van der Waals surface area (Å²) in [5.41, 5.74) is -0.103. The summed E-state index contributed by atoms with van der Waals surface area (Å²) in [6, 6.07) is 9.32. The van der Waals surface area contributed by atoms with Gasteiger partial charge in [-0.2, -0.15) is 0 Å². The highest BCUT2D eigenvalue weighted by Crippen LogP contribution is 2.36. The van der Waals surface area contributed by atoms with Gasteiger partial charge in [-0.15, -0.1) is 0 Å². The van der Waals surface area contributed by atoms with Crippen LogP contribution in [0, 0.1) is 5.41 Å². The van der Waals surface area contributed by atoms with Gasteiger partial charge in [0.1, 0.15) is 17.3 Å². The molecule has 2 aromatic carbocycles. The topological polar surface area (TPSA) is 61.8 Å². The van der Waals surface area contributed by atoms with Gasteiger partial charge in [0.25, 0.3) is 0 Å². The second-order valence-electron chi connectivity index (χ2n) is 7.66. The molecular formula is C22H27O5S+. The van der Waals surface area contributed by atoms with E-state index >= 15 is 0 Å². The number of esters is 2. The van der Waals surface area contributed by atoms with Gasteiger partial charge in [0.2, 0.25) is 0 Å². The third-order valence-electron chi connectivity index (χ3n) is 4.53. The van der Waals surface area contributed by atoms with E-state index in [0.29, 0.717) is 31.1 Å². The van der Waals surface area contributed by atoms with Gasteiger partial charge in [-0.05, 0) is 45.9 Å². The number of carbonyl (C=O) groups is 2. The van der Waals surface area contributed by atoms with Crippen LogP contribution in [0.3, 0.4) is 0 Å². The van der Waals surface area contributed by atoms with Crippen LogP contribution >= 0.6 is 0 Å². The first-order chi connectivity index (χ1) is 13.3. The van der Waals surface area contributed by atoms with E-state index in [1.807, 2.05) is 39.0 Å². The molecular weight excluding hydrogens is 376 g/mol. The Bertz CT molecular complexity index is 878. The number of hydrogen-bond acceptors (Lipinski definition) is 5. The third kappa shape index (κ3) is 4.33. The van der Waals surface area contributed by atoms with Gasteiger partial charge in [0.05, 0.1) is 36.2 Å². The molecule has 0 atom stereocenters. The van der Waals surface area contributed by atoms with Crippen LogP contribution in [0.5, 0.6) is 5.75 Å². The van der Waals surface area contributed by atoms with Crippen LogP contribution in [0.4, 0.5) is 0 Å². The minimum Gasteiger partial charge on any atom is -0.462 e. The quantitative estimate of drug-likeness (QED) is 0.439. The average molecular weight is 404 g/mol. The minimum absolute atomic E-state index is 0.0247. The molecule has 3 rings (SSSR count). The first-order valence-corrected chi connectivity index (χ1v) is 11.1. The molecule has 5 nitrogen and oxygen atoms in total. The van der Waals surface area contributed by atoms with E-state index in [0.717, 1.165) is 27.2 Å². The maximum atomic E-state index is 12.6. The predicted molar refractivity (Wildman–Crippen MR) is 111 cm³/mol. The maximum absolute atomic E-state index is 12.6. The lowest BCUT2D eigenvalue weighted by atomic mass is 9.97. The highest BCUT2D eigenvalue weighted by molar-refractivity contribution is 7.97. The van der Waals surface area contributed by atoms with Crippen molar-refractivity contribution in [2.45, 2.75) is 32.6 Å². The van der Waals surface area contributed by atoms with E-state index in [1.54, 1.807) is 19.1 Å². The highest BCUT2D eigenvalue weighted by Gasteiger charge is 2.31. The Balaban J connectivity index is 2.16. The summed E-state index contributed by atoms with van der Waals surface area (Å²) in [5.74, 6) is 1.66. The van der Waals surface area contributed by atoms with E-state index < -0.39 is 5.41 Å². The van der Waals surface area contributed by atoms with Crippen LogP contribution in [-0.4, -0.2) is 43.3 Å². The molecule has 0 radical (unpaired) electrons. The molecule has 0 N–H and O–H groups in total. The Morgan fingerprint density at radius 2 is 1.82 bits per heavy atom. The van der Waals surface area contributed by atoms with Gasteiger partial charge in [-0.1, -0.05) is 12.1 Å². The van der Waals surface area contributed by atoms with Crippen LogP contribution < -0.4 is 4.74 Å². The van der Waals surface area contributed by atoms with Crippen molar-refractivity contribution in [2.75, 3.05) is 31.3 Å². The van der Waals surface area contributed by atoms with Crippen molar-refractivity contribution in [3.63, 3.8) is 0 Å². The summed E-state index contributed by atoms with van der Waals surface area (Å²) in [7, 11) is -0.0247. The number of benzene rings is 2. The van der Waals surface area contributed by atoms with Crippen LogP contribution in [-0.2, 0) is 25.2 Å². The first kappa shape index (κ1) is 20.7. The summed E-state index contributed by atoms with van der Waals surface area (Å²) in [4.78, 5) is 26.2. The fourth-order valence-corrected chi connectivity index (χ4v) is 5.10. The van der Waals surface area contributed by atoms with Crippen LogP contribution in [0.1, 0.15) is 38.1 Å². The third-order valence-corrected chi connectivity index (χ3v) is 6.81. The van der Waals surface area contributed by atoms with Crippen molar-refractivity contribution in [1.29, 1.82) is 0 Å². The van der Waals surface area contributed by atoms with Gasteiger partial charge < -0.3 is 14.2 Å². The molecule has 1 aliphatic heterocycles. The SMILES string of the molecule is CCOC(=O)c1cccc2c(OC(=O)C(C)(C)C)ccc([S+]3CCOCC3)c12. The molecule has 0 spiro atoms. The average Bonchev–Trinajstić information content (AvgIpc) is 2.68. The normalized spacial score (nSPS) is 15.4. The van der Waals surface area contributed by atoms with E-state index in [-0.39, 0.29) is 22.8 Å². The van der Waals surface area contributed by atoms with Crippen LogP contribution in [0.15, 0.2) is 35.2 Å². The zero-order valence-corrected chi connectivity index (χ0v) is 17.7. The Kier molecular flexibility index (Phi) is 6.30. The lowest BCUT2D eigenvalue weighted by molar-refractivity contribution is -0.142. The van der Waals surface area contributed by atoms with Crippen molar-refractivity contribution in [3.05, 3.63) is 35.9 Å². The molecule has 28 heavy (non-hydrogen) atoms. The second-order valence-corrected chi connectivity index (χ2v) is 9.91. The van der Waals surface area contributed by atoms with Gasteiger partial charge >= 0.3 is 11.9 Å². The summed E-state index contributed by atoms with van der Waals surface area (Å²) in [6.45, 7) is 8.99. The first-order valence-electron chi connectivity index (χ1n) is 9.53. The lowest BCUT2D eigenvalue weighted by Crippen LogP contribution is -2.27. The largest absolute Gasteiger partial charge is 0.462 e. The lowest BCUT2D eigenvalue weighted by Gasteiger charge is -2.20. The molecule has 0 aromatic heterocycles. The Hall–Kier alpha value is -2.05. The van der Waals surface area contributed by atoms with Gasteiger partial charge in [-0.3, -0.25) is 4.79 Å².